The van der Waals surface area contributed by atoms with E-state index in [2.05, 4.69) is 15.0 Å². The van der Waals surface area contributed by atoms with Crippen LogP contribution in [0.15, 0.2) is 5.16 Å². The van der Waals surface area contributed by atoms with Crippen molar-refractivity contribution >= 4 is 5.84 Å². The van der Waals surface area contributed by atoms with Gasteiger partial charge in [0.15, 0.2) is 5.84 Å². The van der Waals surface area contributed by atoms with Gasteiger partial charge in [-0.05, 0) is 0 Å². The van der Waals surface area contributed by atoms with E-state index in [9.17, 15) is 0 Å². The first-order valence-electron chi connectivity index (χ1n) is 4.25. The lowest BCUT2D eigenvalue weighted by Gasteiger charge is -2.46. The number of hydrogen-bond donors (Lipinski definition) is 2. The Morgan fingerprint density at radius 2 is 2.00 bits per heavy atom. The van der Waals surface area contributed by atoms with Gasteiger partial charge in [-0.15, -0.1) is 0 Å². The number of amidine groups is 1. The Balaban J connectivity index is 2.08. The molecule has 0 amide bonds. The van der Waals surface area contributed by atoms with Crippen LogP contribution in [0, 0.1) is 0 Å². The summed E-state index contributed by atoms with van der Waals surface area (Å²) in [6.07, 6.45) is 0. The fourth-order valence-corrected chi connectivity index (χ4v) is 1.96. The van der Waals surface area contributed by atoms with Gasteiger partial charge in [-0.25, -0.2) is 0 Å². The second kappa shape index (κ2) is 2.91. The Kier molecular flexibility index (Phi) is 1.90. The van der Waals surface area contributed by atoms with Crippen molar-refractivity contribution in [2.75, 3.05) is 32.7 Å². The standard InChI is InChI=1S/C7H14N4O/c8-7(9-12)6-5-10-1-3-11(6)4-2-10/h6,12H,1-5H2,(H2,8,9). The summed E-state index contributed by atoms with van der Waals surface area (Å²) in [6, 6.07) is 0.137. The van der Waals surface area contributed by atoms with Crippen molar-refractivity contribution in [3.63, 3.8) is 0 Å². The van der Waals surface area contributed by atoms with Gasteiger partial charge in [0.1, 0.15) is 0 Å². The lowest BCUT2D eigenvalue weighted by atomic mass is 10.1. The molecule has 0 aromatic carbocycles. The quantitative estimate of drug-likeness (QED) is 0.223. The van der Waals surface area contributed by atoms with Crippen LogP contribution in [-0.2, 0) is 0 Å². The van der Waals surface area contributed by atoms with E-state index >= 15 is 0 Å². The summed E-state index contributed by atoms with van der Waals surface area (Å²) >= 11 is 0. The summed E-state index contributed by atoms with van der Waals surface area (Å²) in [4.78, 5) is 4.62. The lowest BCUT2D eigenvalue weighted by molar-refractivity contribution is 0.0392. The molecule has 0 aromatic rings. The SMILES string of the molecule is N/C(=N\O)C1CN2CCN1CC2. The molecule has 5 nitrogen and oxygen atoms in total. The Morgan fingerprint density at radius 3 is 2.42 bits per heavy atom. The molecular weight excluding hydrogens is 156 g/mol. The van der Waals surface area contributed by atoms with E-state index in [4.69, 9.17) is 10.9 Å². The molecule has 3 rings (SSSR count). The summed E-state index contributed by atoms with van der Waals surface area (Å²) in [5.74, 6) is 0.347. The molecule has 3 heterocycles. The summed E-state index contributed by atoms with van der Waals surface area (Å²) in [5, 5.41) is 11.6. The molecule has 0 aliphatic carbocycles. The van der Waals surface area contributed by atoms with Gasteiger partial charge in [-0.2, -0.15) is 0 Å². The zero-order chi connectivity index (χ0) is 8.55. The van der Waals surface area contributed by atoms with Gasteiger partial charge in [0.2, 0.25) is 0 Å². The van der Waals surface area contributed by atoms with Crippen LogP contribution in [0.2, 0.25) is 0 Å². The molecule has 3 fully saturated rings. The van der Waals surface area contributed by atoms with Crippen LogP contribution in [-0.4, -0.2) is 59.6 Å². The number of oxime groups is 1. The van der Waals surface area contributed by atoms with E-state index in [-0.39, 0.29) is 6.04 Å². The molecule has 0 aromatic heterocycles. The minimum atomic E-state index is 0.137. The van der Waals surface area contributed by atoms with Gasteiger partial charge in [-0.1, -0.05) is 5.16 Å². The van der Waals surface area contributed by atoms with E-state index < -0.39 is 0 Å². The minimum absolute atomic E-state index is 0.137. The minimum Gasteiger partial charge on any atom is -0.409 e. The third-order valence-electron chi connectivity index (χ3n) is 2.74. The number of piperazine rings is 3. The third kappa shape index (κ3) is 1.15. The second-order valence-electron chi connectivity index (χ2n) is 3.38. The summed E-state index contributed by atoms with van der Waals surface area (Å²) in [7, 11) is 0. The van der Waals surface area contributed by atoms with Crippen molar-refractivity contribution in [2.24, 2.45) is 10.9 Å². The highest BCUT2D eigenvalue weighted by Gasteiger charge is 2.34. The van der Waals surface area contributed by atoms with Gasteiger partial charge in [-0.3, -0.25) is 9.80 Å². The Labute approximate surface area is 71.4 Å². The first kappa shape index (κ1) is 7.82. The average molecular weight is 170 g/mol. The van der Waals surface area contributed by atoms with Crippen molar-refractivity contribution < 1.29 is 5.21 Å². The molecule has 68 valence electrons. The molecule has 3 aliphatic heterocycles. The molecule has 0 saturated carbocycles. The van der Waals surface area contributed by atoms with Crippen LogP contribution in [0.4, 0.5) is 0 Å². The highest BCUT2D eigenvalue weighted by molar-refractivity contribution is 5.85. The second-order valence-corrected chi connectivity index (χ2v) is 3.38. The Hall–Kier alpha value is -0.810. The molecule has 5 heteroatoms. The number of fused-ring (bicyclic) bond motifs is 3. The molecule has 1 atom stereocenters. The van der Waals surface area contributed by atoms with Gasteiger partial charge < -0.3 is 10.9 Å². The smallest absolute Gasteiger partial charge is 0.157 e. The number of rotatable bonds is 1. The maximum Gasteiger partial charge on any atom is 0.157 e. The van der Waals surface area contributed by atoms with Gasteiger partial charge in [0.25, 0.3) is 0 Å². The van der Waals surface area contributed by atoms with Crippen molar-refractivity contribution in [3.8, 4) is 0 Å². The number of nitrogens with zero attached hydrogens (tertiary/aromatic N) is 3. The van der Waals surface area contributed by atoms with E-state index in [1.807, 2.05) is 0 Å². The number of nitrogens with two attached hydrogens (primary N) is 1. The van der Waals surface area contributed by atoms with Crippen molar-refractivity contribution in [3.05, 3.63) is 0 Å². The molecule has 2 bridgehead atoms. The topological polar surface area (TPSA) is 65.1 Å². The summed E-state index contributed by atoms with van der Waals surface area (Å²) in [6.45, 7) is 5.24. The first-order valence-corrected chi connectivity index (χ1v) is 4.25. The largest absolute Gasteiger partial charge is 0.409 e. The van der Waals surface area contributed by atoms with Crippen LogP contribution in [0.3, 0.4) is 0 Å². The predicted molar refractivity (Wildman–Crippen MR) is 45.2 cm³/mol. The van der Waals surface area contributed by atoms with Crippen LogP contribution >= 0.6 is 0 Å². The molecule has 12 heavy (non-hydrogen) atoms. The van der Waals surface area contributed by atoms with Gasteiger partial charge in [0, 0.05) is 32.7 Å². The van der Waals surface area contributed by atoms with Crippen LogP contribution in [0.1, 0.15) is 0 Å². The summed E-state index contributed by atoms with van der Waals surface area (Å²) in [5.41, 5.74) is 5.57. The van der Waals surface area contributed by atoms with Crippen molar-refractivity contribution in [2.45, 2.75) is 6.04 Å². The fourth-order valence-electron chi connectivity index (χ4n) is 1.96. The predicted octanol–water partition coefficient (Wildman–Crippen LogP) is -1.27. The molecule has 0 radical (unpaired) electrons. The van der Waals surface area contributed by atoms with Crippen molar-refractivity contribution in [1.82, 2.24) is 9.80 Å². The highest BCUT2D eigenvalue weighted by Crippen LogP contribution is 2.15. The molecule has 1 unspecified atom stereocenters. The maximum atomic E-state index is 8.53. The zero-order valence-corrected chi connectivity index (χ0v) is 6.98. The molecule has 3 saturated heterocycles. The van der Waals surface area contributed by atoms with E-state index in [1.54, 1.807) is 0 Å². The number of hydrogen-bond acceptors (Lipinski definition) is 4. The van der Waals surface area contributed by atoms with E-state index in [0.29, 0.717) is 5.84 Å². The molecular formula is C7H14N4O. The first-order chi connectivity index (χ1) is 5.81. The van der Waals surface area contributed by atoms with Crippen molar-refractivity contribution in [1.29, 1.82) is 0 Å². The summed E-state index contributed by atoms with van der Waals surface area (Å²) < 4.78 is 0. The molecule has 3 aliphatic rings. The normalized spacial score (nSPS) is 41.7. The van der Waals surface area contributed by atoms with Crippen LogP contribution in [0.25, 0.3) is 0 Å². The van der Waals surface area contributed by atoms with Crippen LogP contribution < -0.4 is 5.73 Å². The highest BCUT2D eigenvalue weighted by atomic mass is 16.4. The third-order valence-corrected chi connectivity index (χ3v) is 2.74. The maximum absolute atomic E-state index is 8.53. The Morgan fingerprint density at radius 1 is 1.33 bits per heavy atom. The monoisotopic (exact) mass is 170 g/mol. The Bertz CT molecular complexity index is 198. The van der Waals surface area contributed by atoms with Gasteiger partial charge in [0.05, 0.1) is 6.04 Å². The van der Waals surface area contributed by atoms with Crippen LogP contribution in [0.5, 0.6) is 0 Å². The zero-order valence-electron chi connectivity index (χ0n) is 6.98. The van der Waals surface area contributed by atoms with E-state index in [1.165, 1.54) is 0 Å². The molecule has 3 N–H and O–H groups in total. The fraction of sp³-hybridized carbons (Fsp3) is 0.857. The average Bonchev–Trinajstić information content (AvgIpc) is 2.18. The lowest BCUT2D eigenvalue weighted by Crippen LogP contribution is -2.64. The van der Waals surface area contributed by atoms with E-state index in [0.717, 1.165) is 32.7 Å². The van der Waals surface area contributed by atoms with Gasteiger partial charge >= 0.3 is 0 Å². The molecule has 0 spiro atoms.